The van der Waals surface area contributed by atoms with Gasteiger partial charge >= 0.3 is 0 Å². The second-order valence-corrected chi connectivity index (χ2v) is 4.00. The van der Waals surface area contributed by atoms with Crippen molar-refractivity contribution >= 4 is 0 Å². The molecule has 0 aliphatic carbocycles. The average Bonchev–Trinajstić information content (AvgIpc) is 2.25. The third-order valence-corrected chi connectivity index (χ3v) is 2.47. The SMILES string of the molecule is CC=CCC=CCCCC(O)CCCC. The van der Waals surface area contributed by atoms with Gasteiger partial charge in [0, 0.05) is 0 Å². The van der Waals surface area contributed by atoms with Crippen molar-refractivity contribution in [3.63, 3.8) is 0 Å². The van der Waals surface area contributed by atoms with Crippen LogP contribution < -0.4 is 0 Å². The zero-order valence-electron chi connectivity index (χ0n) is 10.3. The van der Waals surface area contributed by atoms with Crippen LogP contribution in [0.25, 0.3) is 0 Å². The monoisotopic (exact) mass is 210 g/mol. The van der Waals surface area contributed by atoms with Crippen molar-refractivity contribution in [2.45, 2.75) is 64.9 Å². The van der Waals surface area contributed by atoms with E-state index in [1.54, 1.807) is 0 Å². The summed E-state index contributed by atoms with van der Waals surface area (Å²) in [7, 11) is 0. The molecule has 1 atom stereocenters. The van der Waals surface area contributed by atoms with Gasteiger partial charge < -0.3 is 5.11 Å². The zero-order valence-corrected chi connectivity index (χ0v) is 10.3. The second kappa shape index (κ2) is 11.5. The molecule has 0 radical (unpaired) electrons. The molecule has 0 aliphatic rings. The minimum Gasteiger partial charge on any atom is -0.393 e. The number of unbranched alkanes of at least 4 members (excludes halogenated alkanes) is 2. The van der Waals surface area contributed by atoms with E-state index < -0.39 is 0 Å². The summed E-state index contributed by atoms with van der Waals surface area (Å²) in [6.45, 7) is 4.20. The molecule has 1 nitrogen and oxygen atoms in total. The molecule has 15 heavy (non-hydrogen) atoms. The van der Waals surface area contributed by atoms with E-state index in [2.05, 4.69) is 31.2 Å². The molecule has 0 aromatic rings. The van der Waals surface area contributed by atoms with Crippen LogP contribution in [-0.2, 0) is 0 Å². The highest BCUT2D eigenvalue weighted by Crippen LogP contribution is 2.08. The molecule has 0 aliphatic heterocycles. The first-order valence-corrected chi connectivity index (χ1v) is 6.25. The van der Waals surface area contributed by atoms with Crippen LogP contribution in [0, 0.1) is 0 Å². The van der Waals surface area contributed by atoms with E-state index in [0.717, 1.165) is 38.5 Å². The molecule has 0 aromatic carbocycles. The lowest BCUT2D eigenvalue weighted by Gasteiger charge is -2.07. The molecule has 0 aromatic heterocycles. The van der Waals surface area contributed by atoms with Crippen molar-refractivity contribution in [2.75, 3.05) is 0 Å². The van der Waals surface area contributed by atoms with Crippen molar-refractivity contribution in [2.24, 2.45) is 0 Å². The Bertz CT molecular complexity index is 170. The maximum Gasteiger partial charge on any atom is 0.0540 e. The van der Waals surface area contributed by atoms with E-state index in [-0.39, 0.29) is 6.10 Å². The van der Waals surface area contributed by atoms with E-state index in [9.17, 15) is 5.11 Å². The first-order chi connectivity index (χ1) is 7.31. The van der Waals surface area contributed by atoms with Gasteiger partial charge in [-0.05, 0) is 39.0 Å². The molecule has 0 heterocycles. The fourth-order valence-electron chi connectivity index (χ4n) is 1.48. The van der Waals surface area contributed by atoms with Crippen LogP contribution in [0.4, 0.5) is 0 Å². The quantitative estimate of drug-likeness (QED) is 0.446. The summed E-state index contributed by atoms with van der Waals surface area (Å²) in [5, 5.41) is 9.59. The maximum atomic E-state index is 9.59. The van der Waals surface area contributed by atoms with Crippen LogP contribution in [0.2, 0.25) is 0 Å². The predicted molar refractivity (Wildman–Crippen MR) is 68.0 cm³/mol. The lowest BCUT2D eigenvalue weighted by molar-refractivity contribution is 0.149. The molecule has 0 saturated carbocycles. The van der Waals surface area contributed by atoms with E-state index in [4.69, 9.17) is 0 Å². The molecule has 1 unspecified atom stereocenters. The average molecular weight is 210 g/mol. The summed E-state index contributed by atoms with van der Waals surface area (Å²) in [6.07, 6.45) is 16.0. The normalized spacial score (nSPS) is 14.1. The lowest BCUT2D eigenvalue weighted by atomic mass is 10.1. The molecule has 0 rings (SSSR count). The van der Waals surface area contributed by atoms with Crippen molar-refractivity contribution < 1.29 is 5.11 Å². The Morgan fingerprint density at radius 3 is 2.47 bits per heavy atom. The number of hydrogen-bond acceptors (Lipinski definition) is 1. The van der Waals surface area contributed by atoms with Gasteiger partial charge in [-0.25, -0.2) is 0 Å². The summed E-state index contributed by atoms with van der Waals surface area (Å²) in [5.41, 5.74) is 0. The van der Waals surface area contributed by atoms with Crippen molar-refractivity contribution in [3.8, 4) is 0 Å². The summed E-state index contributed by atoms with van der Waals surface area (Å²) < 4.78 is 0. The smallest absolute Gasteiger partial charge is 0.0540 e. The van der Waals surface area contributed by atoms with Crippen molar-refractivity contribution in [1.29, 1.82) is 0 Å². The van der Waals surface area contributed by atoms with Crippen LogP contribution in [0.3, 0.4) is 0 Å². The Morgan fingerprint density at radius 2 is 1.80 bits per heavy atom. The first kappa shape index (κ1) is 14.4. The number of hydrogen-bond donors (Lipinski definition) is 1. The van der Waals surface area contributed by atoms with Gasteiger partial charge in [0.2, 0.25) is 0 Å². The number of allylic oxidation sites excluding steroid dienone is 4. The van der Waals surface area contributed by atoms with Gasteiger partial charge in [0.15, 0.2) is 0 Å². The summed E-state index contributed by atoms with van der Waals surface area (Å²) in [6, 6.07) is 0. The van der Waals surface area contributed by atoms with Crippen LogP contribution in [0.5, 0.6) is 0 Å². The van der Waals surface area contributed by atoms with Gasteiger partial charge in [0.1, 0.15) is 0 Å². The molecule has 1 N–H and O–H groups in total. The molecular formula is C14H26O. The third kappa shape index (κ3) is 11.4. The fourth-order valence-corrected chi connectivity index (χ4v) is 1.48. The van der Waals surface area contributed by atoms with Gasteiger partial charge in [-0.15, -0.1) is 0 Å². The minimum atomic E-state index is -0.0751. The summed E-state index contributed by atoms with van der Waals surface area (Å²) in [5.74, 6) is 0. The van der Waals surface area contributed by atoms with Crippen molar-refractivity contribution in [3.05, 3.63) is 24.3 Å². The van der Waals surface area contributed by atoms with Crippen molar-refractivity contribution in [1.82, 2.24) is 0 Å². The molecule has 0 bridgehead atoms. The number of rotatable bonds is 9. The van der Waals surface area contributed by atoms with E-state index >= 15 is 0 Å². The molecule has 0 fully saturated rings. The molecule has 1 heteroatoms. The zero-order chi connectivity index (χ0) is 11.4. The minimum absolute atomic E-state index is 0.0751. The Balaban J connectivity index is 3.25. The fraction of sp³-hybridized carbons (Fsp3) is 0.714. The van der Waals surface area contributed by atoms with Crippen LogP contribution in [-0.4, -0.2) is 11.2 Å². The van der Waals surface area contributed by atoms with Crippen LogP contribution in [0.1, 0.15) is 58.8 Å². The number of aliphatic hydroxyl groups excluding tert-OH is 1. The molecule has 0 spiro atoms. The topological polar surface area (TPSA) is 20.2 Å². The molecule has 88 valence electrons. The molecule has 0 amide bonds. The Kier molecular flexibility index (Phi) is 11.1. The lowest BCUT2D eigenvalue weighted by Crippen LogP contribution is -2.05. The standard InChI is InChI=1S/C14H26O/c1-3-5-7-8-9-10-11-13-14(15)12-6-4-2/h3,5,8-9,14-15H,4,6-7,10-13H2,1-2H3. The largest absolute Gasteiger partial charge is 0.393 e. The van der Waals surface area contributed by atoms with Crippen LogP contribution >= 0.6 is 0 Å². The first-order valence-electron chi connectivity index (χ1n) is 6.25. The van der Waals surface area contributed by atoms with E-state index in [1.165, 1.54) is 6.42 Å². The highest BCUT2D eigenvalue weighted by molar-refractivity contribution is 4.91. The third-order valence-electron chi connectivity index (χ3n) is 2.47. The van der Waals surface area contributed by atoms with Crippen LogP contribution in [0.15, 0.2) is 24.3 Å². The molecular weight excluding hydrogens is 184 g/mol. The van der Waals surface area contributed by atoms with Gasteiger partial charge in [0.25, 0.3) is 0 Å². The second-order valence-electron chi connectivity index (χ2n) is 4.00. The predicted octanol–water partition coefficient (Wildman–Crippen LogP) is 4.23. The van der Waals surface area contributed by atoms with E-state index in [1.807, 2.05) is 6.92 Å². The van der Waals surface area contributed by atoms with Gasteiger partial charge in [0.05, 0.1) is 6.10 Å². The summed E-state index contributed by atoms with van der Waals surface area (Å²) >= 11 is 0. The highest BCUT2D eigenvalue weighted by atomic mass is 16.3. The Labute approximate surface area is 94.9 Å². The van der Waals surface area contributed by atoms with Gasteiger partial charge in [-0.3, -0.25) is 0 Å². The van der Waals surface area contributed by atoms with Gasteiger partial charge in [-0.2, -0.15) is 0 Å². The van der Waals surface area contributed by atoms with E-state index in [0.29, 0.717) is 0 Å². The Morgan fingerprint density at radius 1 is 1.07 bits per heavy atom. The Hall–Kier alpha value is -0.560. The van der Waals surface area contributed by atoms with Gasteiger partial charge in [-0.1, -0.05) is 44.1 Å². The highest BCUT2D eigenvalue weighted by Gasteiger charge is 2.01. The maximum absolute atomic E-state index is 9.59. The number of aliphatic hydroxyl groups is 1. The molecule has 0 saturated heterocycles. The summed E-state index contributed by atoms with van der Waals surface area (Å²) in [4.78, 5) is 0.